The number of halogens is 1. The number of benzene rings is 1. The van der Waals surface area contributed by atoms with Crippen LogP contribution in [0.2, 0.25) is 0 Å². The van der Waals surface area contributed by atoms with Crippen LogP contribution in [-0.2, 0) is 10.2 Å². The third-order valence-corrected chi connectivity index (χ3v) is 4.36. The highest BCUT2D eigenvalue weighted by atomic mass is 79.9. The normalized spacial score (nSPS) is 11.8. The Morgan fingerprint density at radius 3 is 2.68 bits per heavy atom. The molecule has 0 unspecified atom stereocenters. The second-order valence-electron chi connectivity index (χ2n) is 4.00. The lowest BCUT2D eigenvalue weighted by molar-refractivity contribution is 0.527. The van der Waals surface area contributed by atoms with E-state index in [0.717, 1.165) is 8.78 Å². The molecule has 2 rings (SSSR count). The van der Waals surface area contributed by atoms with Crippen LogP contribution in [0, 0.1) is 0 Å². The van der Waals surface area contributed by atoms with Crippen molar-refractivity contribution in [1.82, 2.24) is 14.1 Å². The second kappa shape index (κ2) is 5.32. The zero-order chi connectivity index (χ0) is 14.0. The van der Waals surface area contributed by atoms with Crippen LogP contribution < -0.4 is 4.72 Å². The van der Waals surface area contributed by atoms with Gasteiger partial charge in [-0.25, -0.2) is 4.68 Å². The molecule has 0 amide bonds. The number of anilines is 1. The van der Waals surface area contributed by atoms with Crippen molar-refractivity contribution >= 4 is 31.8 Å². The fraction of sp³-hybridized carbons (Fsp3) is 0.182. The number of hydrogen-bond acceptors (Lipinski definition) is 3. The molecule has 0 spiro atoms. The number of hydrogen-bond donors (Lipinski definition) is 1. The maximum absolute atomic E-state index is 11.9. The van der Waals surface area contributed by atoms with E-state index in [2.05, 4.69) is 25.8 Å². The van der Waals surface area contributed by atoms with Gasteiger partial charge in [0, 0.05) is 31.0 Å². The molecule has 8 heteroatoms. The van der Waals surface area contributed by atoms with Crippen molar-refractivity contribution in [2.75, 3.05) is 18.8 Å². The molecule has 0 aliphatic rings. The molecule has 0 bridgehead atoms. The summed E-state index contributed by atoms with van der Waals surface area (Å²) >= 11 is 3.33. The minimum atomic E-state index is -3.56. The average Bonchev–Trinajstić information content (AvgIpc) is 2.81. The van der Waals surface area contributed by atoms with Crippen LogP contribution in [0.5, 0.6) is 0 Å². The smallest absolute Gasteiger partial charge is 0.269 e. The molecule has 1 N–H and O–H groups in total. The zero-order valence-electron chi connectivity index (χ0n) is 10.4. The summed E-state index contributed by atoms with van der Waals surface area (Å²) in [7, 11) is -0.628. The first-order chi connectivity index (χ1) is 8.90. The Morgan fingerprint density at radius 2 is 2.11 bits per heavy atom. The lowest BCUT2D eigenvalue weighted by Gasteiger charge is -2.16. The van der Waals surface area contributed by atoms with Gasteiger partial charge in [0.1, 0.15) is 0 Å². The summed E-state index contributed by atoms with van der Waals surface area (Å²) in [5.74, 6) is 0. The van der Waals surface area contributed by atoms with Gasteiger partial charge in [-0.3, -0.25) is 4.72 Å². The van der Waals surface area contributed by atoms with Crippen molar-refractivity contribution in [2.24, 2.45) is 0 Å². The highest BCUT2D eigenvalue weighted by Gasteiger charge is 2.16. The van der Waals surface area contributed by atoms with Gasteiger partial charge in [-0.1, -0.05) is 15.9 Å². The second-order valence-corrected chi connectivity index (χ2v) is 6.80. The number of rotatable bonds is 4. The van der Waals surface area contributed by atoms with Crippen LogP contribution >= 0.6 is 15.9 Å². The first-order valence-electron chi connectivity index (χ1n) is 5.40. The Hall–Kier alpha value is -1.38. The van der Waals surface area contributed by atoms with Crippen molar-refractivity contribution in [3.63, 3.8) is 0 Å². The third-order valence-electron chi connectivity index (χ3n) is 2.43. The van der Waals surface area contributed by atoms with Crippen LogP contribution in [0.1, 0.15) is 0 Å². The van der Waals surface area contributed by atoms with E-state index >= 15 is 0 Å². The van der Waals surface area contributed by atoms with Crippen molar-refractivity contribution in [1.29, 1.82) is 0 Å². The molecule has 0 fully saturated rings. The number of nitrogens with zero attached hydrogens (tertiary/aromatic N) is 3. The van der Waals surface area contributed by atoms with Gasteiger partial charge in [0.15, 0.2) is 0 Å². The first-order valence-corrected chi connectivity index (χ1v) is 7.63. The molecule has 0 radical (unpaired) electrons. The maximum atomic E-state index is 11.9. The summed E-state index contributed by atoms with van der Waals surface area (Å²) < 4.78 is 29.8. The summed E-state index contributed by atoms with van der Waals surface area (Å²) in [6.07, 6.45) is 3.38. The van der Waals surface area contributed by atoms with Crippen LogP contribution in [0.15, 0.2) is 41.1 Å². The molecule has 2 aromatic rings. The Kier molecular flexibility index (Phi) is 3.93. The van der Waals surface area contributed by atoms with Gasteiger partial charge in [-0.15, -0.1) is 0 Å². The highest BCUT2D eigenvalue weighted by molar-refractivity contribution is 9.10. The van der Waals surface area contributed by atoms with Gasteiger partial charge in [-0.2, -0.15) is 17.8 Å². The zero-order valence-corrected chi connectivity index (χ0v) is 12.8. The fourth-order valence-electron chi connectivity index (χ4n) is 1.43. The van der Waals surface area contributed by atoms with Gasteiger partial charge >= 0.3 is 10.2 Å². The van der Waals surface area contributed by atoms with Gasteiger partial charge in [0.25, 0.3) is 0 Å². The van der Waals surface area contributed by atoms with Crippen LogP contribution in [-0.4, -0.2) is 36.6 Å². The van der Waals surface area contributed by atoms with Crippen molar-refractivity contribution < 1.29 is 8.42 Å². The molecule has 0 atom stereocenters. The maximum Gasteiger partial charge on any atom is 0.301 e. The van der Waals surface area contributed by atoms with Crippen molar-refractivity contribution in [3.8, 4) is 5.69 Å². The highest BCUT2D eigenvalue weighted by Crippen LogP contribution is 2.25. The molecule has 19 heavy (non-hydrogen) atoms. The van der Waals surface area contributed by atoms with Crippen molar-refractivity contribution in [3.05, 3.63) is 41.1 Å². The van der Waals surface area contributed by atoms with Crippen LogP contribution in [0.25, 0.3) is 5.69 Å². The predicted octanol–water partition coefficient (Wildman–Crippen LogP) is 1.85. The number of nitrogens with one attached hydrogen (secondary N) is 1. The number of aromatic nitrogens is 2. The Balaban J connectivity index is 2.48. The van der Waals surface area contributed by atoms with Gasteiger partial charge in [0.05, 0.1) is 11.4 Å². The third kappa shape index (κ3) is 3.14. The van der Waals surface area contributed by atoms with Gasteiger partial charge in [0.2, 0.25) is 0 Å². The van der Waals surface area contributed by atoms with E-state index in [-0.39, 0.29) is 0 Å². The molecular formula is C11H13BrN4O2S. The SMILES string of the molecule is CN(C)S(=O)(=O)Nc1cc(Br)ccc1-n1cccn1. The quantitative estimate of drug-likeness (QED) is 0.920. The fourth-order valence-corrected chi connectivity index (χ4v) is 2.42. The monoisotopic (exact) mass is 344 g/mol. The van der Waals surface area contributed by atoms with E-state index in [1.807, 2.05) is 6.07 Å². The largest absolute Gasteiger partial charge is 0.301 e. The molecule has 0 saturated heterocycles. The van der Waals surface area contributed by atoms with E-state index in [4.69, 9.17) is 0 Å². The average molecular weight is 345 g/mol. The van der Waals surface area contributed by atoms with E-state index < -0.39 is 10.2 Å². The summed E-state index contributed by atoms with van der Waals surface area (Å²) in [6.45, 7) is 0. The van der Waals surface area contributed by atoms with E-state index in [9.17, 15) is 8.42 Å². The molecule has 0 aliphatic carbocycles. The minimum Gasteiger partial charge on any atom is -0.269 e. The molecule has 0 saturated carbocycles. The van der Waals surface area contributed by atoms with E-state index in [1.165, 1.54) is 14.1 Å². The summed E-state index contributed by atoms with van der Waals surface area (Å²) in [5, 5.41) is 4.10. The van der Waals surface area contributed by atoms with Gasteiger partial charge < -0.3 is 0 Å². The molecule has 1 aromatic carbocycles. The molecule has 6 nitrogen and oxygen atoms in total. The minimum absolute atomic E-state index is 0.451. The summed E-state index contributed by atoms with van der Waals surface area (Å²) in [4.78, 5) is 0. The van der Waals surface area contributed by atoms with Crippen molar-refractivity contribution in [2.45, 2.75) is 0 Å². The lowest BCUT2D eigenvalue weighted by Crippen LogP contribution is -2.29. The van der Waals surface area contributed by atoms with Crippen LogP contribution in [0.4, 0.5) is 5.69 Å². The first kappa shape index (κ1) is 14.0. The van der Waals surface area contributed by atoms with E-state index in [0.29, 0.717) is 11.4 Å². The molecule has 1 aromatic heterocycles. The summed E-state index contributed by atoms with van der Waals surface area (Å²) in [6, 6.07) is 7.07. The molecule has 1 heterocycles. The Bertz CT molecular complexity index is 668. The molecular weight excluding hydrogens is 332 g/mol. The van der Waals surface area contributed by atoms with Gasteiger partial charge in [-0.05, 0) is 24.3 Å². The predicted molar refractivity (Wildman–Crippen MR) is 77.5 cm³/mol. The Morgan fingerprint density at radius 1 is 1.37 bits per heavy atom. The van der Waals surface area contributed by atoms with E-state index in [1.54, 1.807) is 35.3 Å². The lowest BCUT2D eigenvalue weighted by atomic mass is 10.3. The molecule has 0 aliphatic heterocycles. The van der Waals surface area contributed by atoms with Crippen LogP contribution in [0.3, 0.4) is 0 Å². The summed E-state index contributed by atoms with van der Waals surface area (Å²) in [5.41, 5.74) is 1.10. The topological polar surface area (TPSA) is 67.2 Å². The Labute approximate surface area is 120 Å². The molecule has 102 valence electrons. The standard InChI is InChI=1S/C11H13BrN4O2S/c1-15(2)19(17,18)14-10-8-9(12)4-5-11(10)16-7-3-6-13-16/h3-8,14H,1-2H3.